The summed E-state index contributed by atoms with van der Waals surface area (Å²) in [6.45, 7) is 15.3. The number of benzene rings is 4. The SMILES string of the molecule is CN1CCCC1.COc1nc2c(c(N(C)C3CCCN(C#N)CC3)n1)CCN(c1cccc3cccc(Cl)c13)C2.COc1nc2c(c(N3CCC(CC(=O)C(C)(C)N4CCCC4)C3)n1)CCN(c1cccc3cccc(Cl)c13)C2. The third kappa shape index (κ3) is 12.4. The van der Waals surface area contributed by atoms with Crippen LogP contribution in [0.5, 0.6) is 12.0 Å². The lowest BCUT2D eigenvalue weighted by molar-refractivity contribution is -0.129. The van der Waals surface area contributed by atoms with Gasteiger partial charge in [0.15, 0.2) is 12.0 Å². The zero-order valence-corrected chi connectivity index (χ0v) is 48.7. The Morgan fingerprint density at radius 1 is 0.671 bits per heavy atom. The minimum atomic E-state index is -0.380. The van der Waals surface area contributed by atoms with Gasteiger partial charge in [0.25, 0.3) is 0 Å². The van der Waals surface area contributed by atoms with Crippen molar-refractivity contribution >= 4 is 73.5 Å². The molecular formula is C62H78Cl2N12O3. The maximum absolute atomic E-state index is 13.4. The maximum Gasteiger partial charge on any atom is 0.318 e. The number of ether oxygens (including phenoxy) is 2. The van der Waals surface area contributed by atoms with Gasteiger partial charge in [0.05, 0.1) is 54.3 Å². The van der Waals surface area contributed by atoms with Gasteiger partial charge in [-0.05, 0) is 152 Å². The molecular weight excluding hydrogens is 1030 g/mol. The lowest BCUT2D eigenvalue weighted by atomic mass is 9.89. The fourth-order valence-corrected chi connectivity index (χ4v) is 13.3. The van der Waals surface area contributed by atoms with Crippen molar-refractivity contribution in [2.24, 2.45) is 5.92 Å². The second-order valence-electron chi connectivity index (χ2n) is 22.8. The normalized spacial score (nSPS) is 19.7. The number of anilines is 4. The summed E-state index contributed by atoms with van der Waals surface area (Å²) in [5, 5.41) is 15.3. The Morgan fingerprint density at radius 2 is 1.23 bits per heavy atom. The molecule has 6 aromatic rings. The molecule has 6 aliphatic rings. The van der Waals surface area contributed by atoms with E-state index in [4.69, 9.17) is 52.6 Å². The molecule has 0 amide bonds. The third-order valence-electron chi connectivity index (χ3n) is 17.4. The van der Waals surface area contributed by atoms with E-state index in [1.54, 1.807) is 14.2 Å². The van der Waals surface area contributed by atoms with Crippen LogP contribution in [0.25, 0.3) is 21.5 Å². The van der Waals surface area contributed by atoms with Gasteiger partial charge in [-0.3, -0.25) is 9.69 Å². The number of Topliss-reactive ketones (excluding diaryl/α,β-unsaturated/α-hetero) is 1. The van der Waals surface area contributed by atoms with E-state index < -0.39 is 0 Å². The van der Waals surface area contributed by atoms with Crippen LogP contribution >= 0.6 is 23.2 Å². The second kappa shape index (κ2) is 25.1. The van der Waals surface area contributed by atoms with Crippen molar-refractivity contribution in [2.45, 2.75) is 109 Å². The van der Waals surface area contributed by atoms with Crippen molar-refractivity contribution in [3.8, 4) is 18.2 Å². The van der Waals surface area contributed by atoms with Crippen molar-refractivity contribution < 1.29 is 14.3 Å². The molecule has 0 saturated carbocycles. The highest BCUT2D eigenvalue weighted by molar-refractivity contribution is 6.37. The van der Waals surface area contributed by atoms with E-state index in [0.717, 1.165) is 157 Å². The number of aromatic nitrogens is 4. The van der Waals surface area contributed by atoms with Gasteiger partial charge in [-0.15, -0.1) is 0 Å². The van der Waals surface area contributed by atoms with Crippen molar-refractivity contribution in [3.63, 3.8) is 0 Å². The zero-order valence-electron chi connectivity index (χ0n) is 47.2. The van der Waals surface area contributed by atoms with Crippen LogP contribution in [0.2, 0.25) is 10.0 Å². The number of nitriles is 1. The summed E-state index contributed by atoms with van der Waals surface area (Å²) in [4.78, 5) is 48.5. The Morgan fingerprint density at radius 3 is 1.80 bits per heavy atom. The molecule has 4 fully saturated rings. The van der Waals surface area contributed by atoms with Crippen LogP contribution in [0.3, 0.4) is 0 Å². The molecule has 0 N–H and O–H groups in total. The molecule has 418 valence electrons. The molecule has 79 heavy (non-hydrogen) atoms. The summed E-state index contributed by atoms with van der Waals surface area (Å²) in [5.41, 5.74) is 6.26. The van der Waals surface area contributed by atoms with Crippen LogP contribution in [0.15, 0.2) is 72.8 Å². The van der Waals surface area contributed by atoms with Gasteiger partial charge >= 0.3 is 12.0 Å². The van der Waals surface area contributed by atoms with Gasteiger partial charge in [-0.1, -0.05) is 71.7 Å². The molecule has 8 heterocycles. The van der Waals surface area contributed by atoms with E-state index in [1.807, 2.05) is 29.2 Å². The summed E-state index contributed by atoms with van der Waals surface area (Å²) in [6, 6.07) is 25.9. The molecule has 0 radical (unpaired) electrons. The van der Waals surface area contributed by atoms with E-state index >= 15 is 0 Å². The van der Waals surface area contributed by atoms with Gasteiger partial charge in [-0.25, -0.2) is 0 Å². The maximum atomic E-state index is 13.4. The largest absolute Gasteiger partial charge is 0.467 e. The fraction of sp³-hybridized carbons (Fsp3) is 0.516. The Kier molecular flexibility index (Phi) is 17.8. The molecule has 12 rings (SSSR count). The van der Waals surface area contributed by atoms with E-state index in [9.17, 15) is 10.1 Å². The first-order valence-corrected chi connectivity index (χ1v) is 29.4. The summed E-state index contributed by atoms with van der Waals surface area (Å²) in [5.74, 6) is 2.63. The molecule has 2 aromatic heterocycles. The Labute approximate surface area is 477 Å². The van der Waals surface area contributed by atoms with Crippen molar-refractivity contribution in [1.29, 1.82) is 5.26 Å². The smallest absolute Gasteiger partial charge is 0.318 e. The summed E-state index contributed by atoms with van der Waals surface area (Å²) >= 11 is 13.3. The van der Waals surface area contributed by atoms with Crippen molar-refractivity contribution in [2.75, 3.05) is 113 Å². The average Bonchev–Trinajstić information content (AvgIpc) is 4.28. The second-order valence-corrected chi connectivity index (χ2v) is 23.6. The number of carbonyl (C=O) groups is 1. The van der Waals surface area contributed by atoms with E-state index in [-0.39, 0.29) is 5.54 Å². The molecule has 15 nitrogen and oxygen atoms in total. The van der Waals surface area contributed by atoms with E-state index in [2.05, 4.69) is 112 Å². The summed E-state index contributed by atoms with van der Waals surface area (Å²) in [6.07, 6.45) is 13.8. The molecule has 4 saturated heterocycles. The number of nitrogens with zero attached hydrogens (tertiary/aromatic N) is 12. The predicted molar refractivity (Wildman–Crippen MR) is 319 cm³/mol. The molecule has 0 aliphatic carbocycles. The Balaban J connectivity index is 0.000000162. The highest BCUT2D eigenvalue weighted by Crippen LogP contribution is 2.40. The van der Waals surface area contributed by atoms with Crippen LogP contribution in [-0.4, -0.2) is 146 Å². The Bertz CT molecular complexity index is 3150. The van der Waals surface area contributed by atoms with Crippen LogP contribution in [-0.2, 0) is 30.7 Å². The van der Waals surface area contributed by atoms with Gasteiger partial charge in [0.1, 0.15) is 11.6 Å². The molecule has 2 atom stereocenters. The molecule has 17 heteroatoms. The van der Waals surface area contributed by atoms with Crippen LogP contribution < -0.4 is 29.1 Å². The molecule has 2 unspecified atom stereocenters. The summed E-state index contributed by atoms with van der Waals surface area (Å²) in [7, 11) is 7.54. The average molecular weight is 1110 g/mol. The molecule has 4 aromatic carbocycles. The van der Waals surface area contributed by atoms with Crippen LogP contribution in [0.1, 0.15) is 94.1 Å². The number of hydrogen-bond donors (Lipinski definition) is 0. The first kappa shape index (κ1) is 56.1. The number of halogens is 2. The monoisotopic (exact) mass is 1110 g/mol. The van der Waals surface area contributed by atoms with E-state index in [0.29, 0.717) is 49.3 Å². The minimum absolute atomic E-state index is 0.331. The topological polar surface area (TPSA) is 134 Å². The standard InChI is InChI=1S/C31H38ClN5O2.C26H29ClN6O.C5H11N/c1-31(2,37-14-4-5-15-37)27(38)18-21-12-16-36(19-21)29-23-13-17-35(20-25(23)33-30(34-29)39-3)26-11-7-9-22-8-6-10-24(32)28(22)26;1-31(19-8-5-13-32(17-28)14-11-19)25-20-12-15-33(16-22(20)29-26(30-25)34-2)23-10-4-7-18-6-3-9-21(27)24(18)23;1-6-4-2-3-5-6/h6-11,21H,4-5,12-20H2,1-3H3;3-4,6-7,9-10,19H,5,8,11-16H2,1-2H3;2-5H2,1H3. The van der Waals surface area contributed by atoms with Crippen molar-refractivity contribution in [3.05, 3.63) is 105 Å². The van der Waals surface area contributed by atoms with Crippen LogP contribution in [0, 0.1) is 17.4 Å². The molecule has 6 aliphatic heterocycles. The quantitative estimate of drug-likeness (QED) is 0.114. The number of likely N-dealkylation sites (tertiary alicyclic amines) is 3. The minimum Gasteiger partial charge on any atom is -0.467 e. The van der Waals surface area contributed by atoms with E-state index in [1.165, 1.54) is 49.9 Å². The molecule has 0 bridgehead atoms. The highest BCUT2D eigenvalue weighted by Gasteiger charge is 2.39. The van der Waals surface area contributed by atoms with Gasteiger partial charge in [0.2, 0.25) is 0 Å². The first-order valence-electron chi connectivity index (χ1n) is 28.6. The number of ketones is 1. The van der Waals surface area contributed by atoms with Crippen LogP contribution in [0.4, 0.5) is 23.0 Å². The van der Waals surface area contributed by atoms with Crippen molar-refractivity contribution in [1.82, 2.24) is 34.6 Å². The van der Waals surface area contributed by atoms with Gasteiger partial charge in [-0.2, -0.15) is 25.2 Å². The Hall–Kier alpha value is -6.18. The lowest BCUT2D eigenvalue weighted by Crippen LogP contribution is -2.49. The molecule has 0 spiro atoms. The number of carbonyl (C=O) groups excluding carboxylic acids is 1. The lowest BCUT2D eigenvalue weighted by Gasteiger charge is -2.35. The zero-order chi connectivity index (χ0) is 55.2. The highest BCUT2D eigenvalue weighted by atomic mass is 35.5. The fourth-order valence-electron chi connectivity index (χ4n) is 12.8. The van der Waals surface area contributed by atoms with Gasteiger partial charge in [0, 0.05) is 92.1 Å². The van der Waals surface area contributed by atoms with Gasteiger partial charge < -0.3 is 38.9 Å². The number of hydrogen-bond acceptors (Lipinski definition) is 15. The third-order valence-corrected chi connectivity index (χ3v) is 18.1. The number of fused-ring (bicyclic) bond motifs is 4. The number of rotatable bonds is 11. The predicted octanol–water partition coefficient (Wildman–Crippen LogP) is 10.9. The first-order chi connectivity index (χ1) is 38.3. The number of methoxy groups -OCH3 is 2. The summed E-state index contributed by atoms with van der Waals surface area (Å²) < 4.78 is 11.1.